The summed E-state index contributed by atoms with van der Waals surface area (Å²) in [6.07, 6.45) is 0. The van der Waals surface area contributed by atoms with Crippen LogP contribution in [0.1, 0.15) is 17.2 Å². The normalized spacial score (nSPS) is 15.5. The Morgan fingerprint density at radius 2 is 1.69 bits per heavy atom. The predicted octanol–water partition coefficient (Wildman–Crippen LogP) is 6.37. The molecule has 156 valence electrons. The summed E-state index contributed by atoms with van der Waals surface area (Å²) in [5.74, 6) is 0.853. The molecular formula is C28H21NO3. The highest BCUT2D eigenvalue weighted by atomic mass is 16.5. The molecule has 1 unspecified atom stereocenters. The fraction of sp³-hybridized carbons (Fsp3) is 0.107. The van der Waals surface area contributed by atoms with Gasteiger partial charge < -0.3 is 14.1 Å². The first kappa shape index (κ1) is 18.7. The minimum atomic E-state index is -0.536. The number of ether oxygens (including phenoxy) is 1. The molecule has 0 saturated heterocycles. The molecule has 0 spiro atoms. The van der Waals surface area contributed by atoms with Crippen LogP contribution in [-0.2, 0) is 4.79 Å². The van der Waals surface area contributed by atoms with E-state index in [9.17, 15) is 4.79 Å². The summed E-state index contributed by atoms with van der Waals surface area (Å²) in [6.45, 7) is 0. The molecule has 1 aliphatic rings. The first-order valence-corrected chi connectivity index (χ1v) is 10.6. The minimum Gasteiger partial charge on any atom is -0.497 e. The van der Waals surface area contributed by atoms with E-state index in [0.29, 0.717) is 5.76 Å². The fourth-order valence-electron chi connectivity index (χ4n) is 4.88. The summed E-state index contributed by atoms with van der Waals surface area (Å²) in [7, 11) is 3.45. The third kappa shape index (κ3) is 2.59. The molecule has 0 bridgehead atoms. The van der Waals surface area contributed by atoms with Gasteiger partial charge in [0.15, 0.2) is 0 Å². The van der Waals surface area contributed by atoms with Gasteiger partial charge in [0.2, 0.25) is 5.91 Å². The van der Waals surface area contributed by atoms with Gasteiger partial charge in [-0.15, -0.1) is 0 Å². The van der Waals surface area contributed by atoms with Crippen LogP contribution < -0.4 is 9.64 Å². The number of amides is 1. The summed E-state index contributed by atoms with van der Waals surface area (Å²) in [5.41, 5.74) is 4.57. The molecule has 4 heteroatoms. The summed E-state index contributed by atoms with van der Waals surface area (Å²) >= 11 is 0. The molecular weight excluding hydrogens is 398 g/mol. The first-order valence-electron chi connectivity index (χ1n) is 10.6. The van der Waals surface area contributed by atoms with Crippen molar-refractivity contribution >= 4 is 33.3 Å². The molecule has 1 aliphatic heterocycles. The second kappa shape index (κ2) is 6.99. The Hall–Kier alpha value is -4.05. The molecule has 32 heavy (non-hydrogen) atoms. The standard InChI is InChI=1S/C28H21NO3/c1-29-22-14-13-19(31-2)16-21(22)26(28(29)30)27-24(18-9-4-3-5-10-18)25-20-11-7-6-8-17(20)12-15-23(25)32-27/h3-16,26H,1-2H3. The van der Waals surface area contributed by atoms with E-state index in [2.05, 4.69) is 30.3 Å². The Labute approximate surface area is 185 Å². The number of carbonyl (C=O) groups excluding carboxylic acids is 1. The van der Waals surface area contributed by atoms with Gasteiger partial charge in [-0.2, -0.15) is 0 Å². The van der Waals surface area contributed by atoms with Crippen molar-refractivity contribution in [3.8, 4) is 16.9 Å². The van der Waals surface area contributed by atoms with Gasteiger partial charge in [0.25, 0.3) is 0 Å². The van der Waals surface area contributed by atoms with Crippen LogP contribution in [0.4, 0.5) is 5.69 Å². The van der Waals surface area contributed by atoms with Gasteiger partial charge in [-0.1, -0.05) is 60.7 Å². The second-order valence-corrected chi connectivity index (χ2v) is 8.12. The average Bonchev–Trinajstić information content (AvgIpc) is 3.34. The number of rotatable bonds is 3. The van der Waals surface area contributed by atoms with Crippen LogP contribution in [0.25, 0.3) is 32.9 Å². The summed E-state index contributed by atoms with van der Waals surface area (Å²) in [4.78, 5) is 15.2. The highest BCUT2D eigenvalue weighted by Crippen LogP contribution is 2.49. The lowest BCUT2D eigenvalue weighted by atomic mass is 9.90. The van der Waals surface area contributed by atoms with Crippen molar-refractivity contribution in [2.75, 3.05) is 19.1 Å². The van der Waals surface area contributed by atoms with Crippen LogP contribution >= 0.6 is 0 Å². The van der Waals surface area contributed by atoms with Crippen molar-refractivity contribution in [3.05, 3.63) is 96.3 Å². The molecule has 0 aliphatic carbocycles. The number of methoxy groups -OCH3 is 1. The van der Waals surface area contributed by atoms with Crippen LogP contribution in [-0.4, -0.2) is 20.1 Å². The molecule has 0 fully saturated rings. The van der Waals surface area contributed by atoms with E-state index in [1.54, 1.807) is 12.0 Å². The SMILES string of the molecule is COc1ccc2c(c1)C(c1oc3ccc4ccccc4c3c1-c1ccccc1)C(=O)N2C. The minimum absolute atomic E-state index is 0.00574. The number of hydrogen-bond acceptors (Lipinski definition) is 3. The first-order chi connectivity index (χ1) is 15.7. The van der Waals surface area contributed by atoms with Crippen LogP contribution in [0.2, 0.25) is 0 Å². The molecule has 4 aromatic carbocycles. The van der Waals surface area contributed by atoms with E-state index in [0.717, 1.165) is 49.9 Å². The van der Waals surface area contributed by atoms with Crippen molar-refractivity contribution in [2.45, 2.75) is 5.92 Å². The van der Waals surface area contributed by atoms with Gasteiger partial charge in [-0.25, -0.2) is 0 Å². The zero-order valence-corrected chi connectivity index (χ0v) is 17.8. The molecule has 1 atom stereocenters. The summed E-state index contributed by atoms with van der Waals surface area (Å²) in [6, 6.07) is 28.3. The number of carbonyl (C=O) groups is 1. The van der Waals surface area contributed by atoms with Gasteiger partial charge >= 0.3 is 0 Å². The maximum Gasteiger partial charge on any atom is 0.242 e. The number of fused-ring (bicyclic) bond motifs is 4. The molecule has 5 aromatic rings. The zero-order valence-electron chi connectivity index (χ0n) is 17.8. The lowest BCUT2D eigenvalue weighted by molar-refractivity contribution is -0.118. The monoisotopic (exact) mass is 419 g/mol. The second-order valence-electron chi connectivity index (χ2n) is 8.12. The Morgan fingerprint density at radius 3 is 2.50 bits per heavy atom. The van der Waals surface area contributed by atoms with E-state index < -0.39 is 5.92 Å². The van der Waals surface area contributed by atoms with Crippen LogP contribution in [0.3, 0.4) is 0 Å². The largest absolute Gasteiger partial charge is 0.497 e. The topological polar surface area (TPSA) is 42.7 Å². The smallest absolute Gasteiger partial charge is 0.242 e. The van der Waals surface area contributed by atoms with E-state index in [1.165, 1.54) is 0 Å². The number of nitrogens with zero attached hydrogens (tertiary/aromatic N) is 1. The maximum absolute atomic E-state index is 13.5. The Bertz CT molecular complexity index is 1500. The molecule has 6 rings (SSSR count). The highest BCUT2D eigenvalue weighted by molar-refractivity contribution is 6.16. The Morgan fingerprint density at radius 1 is 0.906 bits per heavy atom. The van der Waals surface area contributed by atoms with Crippen molar-refractivity contribution in [1.29, 1.82) is 0 Å². The van der Waals surface area contributed by atoms with E-state index in [4.69, 9.17) is 9.15 Å². The lowest BCUT2D eigenvalue weighted by Crippen LogP contribution is -2.24. The van der Waals surface area contributed by atoms with E-state index in [-0.39, 0.29) is 5.91 Å². The molecule has 1 aromatic heterocycles. The third-order valence-electron chi connectivity index (χ3n) is 6.42. The predicted molar refractivity (Wildman–Crippen MR) is 127 cm³/mol. The number of furan rings is 1. The third-order valence-corrected chi connectivity index (χ3v) is 6.42. The lowest BCUT2D eigenvalue weighted by Gasteiger charge is -2.12. The maximum atomic E-state index is 13.5. The van der Waals surface area contributed by atoms with Crippen molar-refractivity contribution in [2.24, 2.45) is 0 Å². The van der Waals surface area contributed by atoms with E-state index in [1.807, 2.05) is 61.6 Å². The molecule has 2 heterocycles. The van der Waals surface area contributed by atoms with Crippen molar-refractivity contribution in [1.82, 2.24) is 0 Å². The summed E-state index contributed by atoms with van der Waals surface area (Å²) in [5, 5.41) is 3.29. The number of anilines is 1. The number of likely N-dealkylation sites (N-methyl/N-ethyl adjacent to an activating group) is 1. The highest BCUT2D eigenvalue weighted by Gasteiger charge is 2.41. The van der Waals surface area contributed by atoms with Crippen LogP contribution in [0.15, 0.2) is 89.3 Å². The van der Waals surface area contributed by atoms with Gasteiger partial charge in [0, 0.05) is 23.7 Å². The fourth-order valence-corrected chi connectivity index (χ4v) is 4.88. The van der Waals surface area contributed by atoms with Gasteiger partial charge in [0.1, 0.15) is 23.0 Å². The van der Waals surface area contributed by atoms with Crippen LogP contribution in [0.5, 0.6) is 5.75 Å². The molecule has 4 nitrogen and oxygen atoms in total. The van der Waals surface area contributed by atoms with Crippen molar-refractivity contribution < 1.29 is 13.9 Å². The van der Waals surface area contributed by atoms with Gasteiger partial charge in [0.05, 0.1) is 7.11 Å². The van der Waals surface area contributed by atoms with Crippen LogP contribution in [0, 0.1) is 0 Å². The number of benzene rings is 4. The molecule has 1 amide bonds. The zero-order chi connectivity index (χ0) is 21.8. The molecule has 0 N–H and O–H groups in total. The summed E-state index contributed by atoms with van der Waals surface area (Å²) < 4.78 is 12.0. The van der Waals surface area contributed by atoms with E-state index >= 15 is 0 Å². The quantitative estimate of drug-likeness (QED) is 0.341. The Kier molecular flexibility index (Phi) is 4.08. The average molecular weight is 419 g/mol. The van der Waals surface area contributed by atoms with Gasteiger partial charge in [-0.05, 0) is 46.2 Å². The molecule has 0 saturated carbocycles. The Balaban J connectivity index is 1.71. The number of hydrogen-bond donors (Lipinski definition) is 0. The van der Waals surface area contributed by atoms with Crippen molar-refractivity contribution in [3.63, 3.8) is 0 Å². The van der Waals surface area contributed by atoms with Gasteiger partial charge in [-0.3, -0.25) is 4.79 Å². The molecule has 0 radical (unpaired) electrons.